The fourth-order valence-electron chi connectivity index (χ4n) is 1.69. The van der Waals surface area contributed by atoms with E-state index in [0.717, 1.165) is 19.3 Å². The van der Waals surface area contributed by atoms with Gasteiger partial charge >= 0.3 is 0 Å². The molecule has 0 spiro atoms. The van der Waals surface area contributed by atoms with Crippen LogP contribution in [0.4, 0.5) is 0 Å². The molecule has 76 valence electrons. The van der Waals surface area contributed by atoms with Crippen molar-refractivity contribution < 1.29 is 9.53 Å². The van der Waals surface area contributed by atoms with E-state index in [4.69, 9.17) is 10.5 Å². The van der Waals surface area contributed by atoms with Crippen molar-refractivity contribution in [3.8, 4) is 0 Å². The van der Waals surface area contributed by atoms with Crippen LogP contribution in [0.3, 0.4) is 0 Å². The Kier molecular flexibility index (Phi) is 3.69. The lowest BCUT2D eigenvalue weighted by molar-refractivity contribution is -0.123. The largest absolute Gasteiger partial charge is 0.379 e. The summed E-state index contributed by atoms with van der Waals surface area (Å²) in [5, 5.41) is 2.89. The van der Waals surface area contributed by atoms with E-state index < -0.39 is 6.04 Å². The molecule has 0 bridgehead atoms. The minimum Gasteiger partial charge on any atom is -0.379 e. The Hall–Kier alpha value is -0.610. The summed E-state index contributed by atoms with van der Waals surface area (Å²) >= 11 is 0. The Labute approximate surface area is 78.8 Å². The molecule has 0 heterocycles. The molecule has 3 atom stereocenters. The Bertz CT molecular complexity index is 182. The van der Waals surface area contributed by atoms with Crippen LogP contribution >= 0.6 is 0 Å². The standard InChI is InChI=1S/C9H18N2O2/c1-6(10)9(12)11-7-4-3-5-8(7)13-2/h6-8H,3-5,10H2,1-2H3,(H,11,12)/t6-,7?,8?/m1/s1. The van der Waals surface area contributed by atoms with Crippen LogP contribution in [-0.4, -0.2) is 31.2 Å². The van der Waals surface area contributed by atoms with E-state index in [1.54, 1.807) is 14.0 Å². The van der Waals surface area contributed by atoms with Gasteiger partial charge in [-0.2, -0.15) is 0 Å². The molecule has 1 saturated carbocycles. The number of rotatable bonds is 3. The first kappa shape index (κ1) is 10.5. The zero-order valence-corrected chi connectivity index (χ0v) is 8.25. The summed E-state index contributed by atoms with van der Waals surface area (Å²) in [6, 6.07) is -0.276. The molecule has 0 radical (unpaired) electrons. The van der Waals surface area contributed by atoms with Crippen LogP contribution in [0, 0.1) is 0 Å². The second kappa shape index (κ2) is 4.58. The number of hydrogen-bond acceptors (Lipinski definition) is 3. The first-order chi connectivity index (χ1) is 6.15. The number of carbonyl (C=O) groups excluding carboxylic acids is 1. The minimum absolute atomic E-state index is 0.0889. The minimum atomic E-state index is -0.432. The van der Waals surface area contributed by atoms with Gasteiger partial charge in [0.25, 0.3) is 0 Å². The zero-order chi connectivity index (χ0) is 9.84. The lowest BCUT2D eigenvalue weighted by Gasteiger charge is -2.20. The lowest BCUT2D eigenvalue weighted by Crippen LogP contribution is -2.47. The molecular formula is C9H18N2O2. The van der Waals surface area contributed by atoms with Gasteiger partial charge in [0, 0.05) is 7.11 Å². The predicted molar refractivity (Wildman–Crippen MR) is 50.2 cm³/mol. The molecule has 0 aliphatic heterocycles. The topological polar surface area (TPSA) is 64.3 Å². The van der Waals surface area contributed by atoms with Crippen LogP contribution in [0.2, 0.25) is 0 Å². The molecule has 1 fully saturated rings. The molecule has 4 heteroatoms. The first-order valence-electron chi connectivity index (χ1n) is 4.74. The van der Waals surface area contributed by atoms with Gasteiger partial charge < -0.3 is 15.8 Å². The van der Waals surface area contributed by atoms with Crippen molar-refractivity contribution in [1.82, 2.24) is 5.32 Å². The van der Waals surface area contributed by atoms with E-state index >= 15 is 0 Å². The quantitative estimate of drug-likeness (QED) is 0.653. The summed E-state index contributed by atoms with van der Waals surface area (Å²) in [4.78, 5) is 11.3. The Morgan fingerprint density at radius 3 is 2.85 bits per heavy atom. The smallest absolute Gasteiger partial charge is 0.236 e. The number of amides is 1. The first-order valence-corrected chi connectivity index (χ1v) is 4.74. The van der Waals surface area contributed by atoms with Crippen LogP contribution < -0.4 is 11.1 Å². The molecule has 13 heavy (non-hydrogen) atoms. The molecule has 0 saturated heterocycles. The maximum Gasteiger partial charge on any atom is 0.236 e. The maximum atomic E-state index is 11.3. The summed E-state index contributed by atoms with van der Waals surface area (Å²) in [7, 11) is 1.68. The molecule has 3 N–H and O–H groups in total. The third kappa shape index (κ3) is 2.67. The Morgan fingerprint density at radius 2 is 2.31 bits per heavy atom. The maximum absolute atomic E-state index is 11.3. The van der Waals surface area contributed by atoms with E-state index in [2.05, 4.69) is 5.32 Å². The number of nitrogens with two attached hydrogens (primary N) is 1. The van der Waals surface area contributed by atoms with Crippen LogP contribution in [0.15, 0.2) is 0 Å². The molecule has 2 unspecified atom stereocenters. The lowest BCUT2D eigenvalue weighted by atomic mass is 10.2. The number of hydrogen-bond donors (Lipinski definition) is 2. The van der Waals surface area contributed by atoms with Crippen molar-refractivity contribution in [2.24, 2.45) is 5.73 Å². The fraction of sp³-hybridized carbons (Fsp3) is 0.889. The van der Waals surface area contributed by atoms with Gasteiger partial charge in [0.1, 0.15) is 0 Å². The van der Waals surface area contributed by atoms with Crippen molar-refractivity contribution in [3.05, 3.63) is 0 Å². The van der Waals surface area contributed by atoms with E-state index in [1.807, 2.05) is 0 Å². The predicted octanol–water partition coefficient (Wildman–Crippen LogP) is 0.0173. The van der Waals surface area contributed by atoms with Gasteiger partial charge in [0.05, 0.1) is 18.2 Å². The highest BCUT2D eigenvalue weighted by Gasteiger charge is 2.28. The third-order valence-corrected chi connectivity index (χ3v) is 2.50. The summed E-state index contributed by atoms with van der Waals surface area (Å²) in [5.41, 5.74) is 5.45. The van der Waals surface area contributed by atoms with Gasteiger partial charge in [-0.3, -0.25) is 4.79 Å². The van der Waals surface area contributed by atoms with Gasteiger partial charge in [0.15, 0.2) is 0 Å². The number of nitrogens with one attached hydrogen (secondary N) is 1. The molecule has 1 amide bonds. The molecule has 4 nitrogen and oxygen atoms in total. The average Bonchev–Trinajstić information content (AvgIpc) is 2.51. The molecule has 1 aliphatic carbocycles. The Morgan fingerprint density at radius 1 is 1.62 bits per heavy atom. The Balaban J connectivity index is 2.39. The second-order valence-corrected chi connectivity index (χ2v) is 3.61. The number of carbonyl (C=O) groups is 1. The van der Waals surface area contributed by atoms with Crippen LogP contribution in [0.1, 0.15) is 26.2 Å². The molecule has 1 rings (SSSR count). The van der Waals surface area contributed by atoms with E-state index in [9.17, 15) is 4.79 Å². The SMILES string of the molecule is COC1CCCC1NC(=O)[C@@H](C)N. The van der Waals surface area contributed by atoms with E-state index in [1.165, 1.54) is 0 Å². The van der Waals surface area contributed by atoms with Crippen molar-refractivity contribution in [2.75, 3.05) is 7.11 Å². The van der Waals surface area contributed by atoms with E-state index in [0.29, 0.717) is 0 Å². The summed E-state index contributed by atoms with van der Waals surface area (Å²) in [5.74, 6) is -0.0889. The third-order valence-electron chi connectivity index (χ3n) is 2.50. The van der Waals surface area contributed by atoms with Crippen molar-refractivity contribution >= 4 is 5.91 Å². The average molecular weight is 186 g/mol. The molecule has 0 aromatic carbocycles. The van der Waals surface area contributed by atoms with Gasteiger partial charge in [-0.05, 0) is 26.2 Å². The highest BCUT2D eigenvalue weighted by atomic mass is 16.5. The summed E-state index contributed by atoms with van der Waals surface area (Å²) < 4.78 is 5.25. The highest BCUT2D eigenvalue weighted by Crippen LogP contribution is 2.21. The molecule has 1 aliphatic rings. The summed E-state index contributed by atoms with van der Waals surface area (Å²) in [6.07, 6.45) is 3.31. The van der Waals surface area contributed by atoms with Crippen molar-refractivity contribution in [3.63, 3.8) is 0 Å². The van der Waals surface area contributed by atoms with Crippen LogP contribution in [0.25, 0.3) is 0 Å². The van der Waals surface area contributed by atoms with Gasteiger partial charge in [-0.1, -0.05) is 0 Å². The highest BCUT2D eigenvalue weighted by molar-refractivity contribution is 5.81. The van der Waals surface area contributed by atoms with Gasteiger partial charge in [-0.15, -0.1) is 0 Å². The summed E-state index contributed by atoms with van der Waals surface area (Å²) in [6.45, 7) is 1.69. The van der Waals surface area contributed by atoms with Crippen molar-refractivity contribution in [1.29, 1.82) is 0 Å². The number of methoxy groups -OCH3 is 1. The van der Waals surface area contributed by atoms with Gasteiger partial charge in [0.2, 0.25) is 5.91 Å². The molecular weight excluding hydrogens is 168 g/mol. The van der Waals surface area contributed by atoms with Crippen LogP contribution in [0.5, 0.6) is 0 Å². The monoisotopic (exact) mass is 186 g/mol. The second-order valence-electron chi connectivity index (χ2n) is 3.61. The number of ether oxygens (including phenoxy) is 1. The van der Waals surface area contributed by atoms with Crippen molar-refractivity contribution in [2.45, 2.75) is 44.4 Å². The normalized spacial score (nSPS) is 30.1. The van der Waals surface area contributed by atoms with Crippen LogP contribution in [-0.2, 0) is 9.53 Å². The molecule has 0 aromatic heterocycles. The zero-order valence-electron chi connectivity index (χ0n) is 8.25. The fourth-order valence-corrected chi connectivity index (χ4v) is 1.69. The van der Waals surface area contributed by atoms with E-state index in [-0.39, 0.29) is 18.1 Å². The van der Waals surface area contributed by atoms with Gasteiger partial charge in [-0.25, -0.2) is 0 Å². The molecule has 0 aromatic rings.